The van der Waals surface area contributed by atoms with E-state index in [1.54, 1.807) is 24.5 Å². The number of urea groups is 1. The largest absolute Gasteiger partial charge is 0.344 e. The Kier molecular flexibility index (Phi) is 8.59. The standard InChI is InChI=1S/C26H25F2N5O5S/c27-24(28)25(35)31-16-23(34)20-3-6-21(30-15-20)17-33(26(36)32-10-12-39(37,38)13-11-32)22-7-4-18(5-8-22)19-2-1-9-29-14-19/h1-9,14-15,24H,10-13,16-17H2,(H,31,35). The van der Waals surface area contributed by atoms with Crippen LogP contribution in [0.25, 0.3) is 11.1 Å². The molecule has 3 amide bonds. The molecule has 10 nitrogen and oxygen atoms in total. The van der Waals surface area contributed by atoms with E-state index >= 15 is 0 Å². The maximum absolute atomic E-state index is 13.5. The van der Waals surface area contributed by atoms with Crippen LogP contribution in [0.1, 0.15) is 16.1 Å². The van der Waals surface area contributed by atoms with Crippen molar-refractivity contribution in [3.8, 4) is 11.1 Å². The fraction of sp³-hybridized carbons (Fsp3) is 0.269. The average Bonchev–Trinajstić information content (AvgIpc) is 2.95. The van der Waals surface area contributed by atoms with Crippen molar-refractivity contribution in [2.75, 3.05) is 36.0 Å². The molecule has 1 aromatic carbocycles. The van der Waals surface area contributed by atoms with Crippen LogP contribution in [0.5, 0.6) is 0 Å². The third-order valence-corrected chi connectivity index (χ3v) is 7.72. The van der Waals surface area contributed by atoms with E-state index in [9.17, 15) is 31.6 Å². The van der Waals surface area contributed by atoms with Crippen molar-refractivity contribution in [3.05, 3.63) is 78.4 Å². The number of aromatic nitrogens is 2. The molecule has 3 heterocycles. The number of nitrogens with one attached hydrogen (secondary N) is 1. The summed E-state index contributed by atoms with van der Waals surface area (Å²) in [7, 11) is -3.19. The number of carbonyl (C=O) groups excluding carboxylic acids is 3. The number of rotatable bonds is 8. The Balaban J connectivity index is 1.53. The van der Waals surface area contributed by atoms with Gasteiger partial charge in [0.15, 0.2) is 15.6 Å². The van der Waals surface area contributed by atoms with Crippen LogP contribution in [0.2, 0.25) is 0 Å². The lowest BCUT2D eigenvalue weighted by Crippen LogP contribution is -2.49. The van der Waals surface area contributed by atoms with Crippen LogP contribution in [0.15, 0.2) is 67.1 Å². The van der Waals surface area contributed by atoms with Crippen molar-refractivity contribution in [3.63, 3.8) is 0 Å². The van der Waals surface area contributed by atoms with Crippen molar-refractivity contribution in [1.29, 1.82) is 0 Å². The van der Waals surface area contributed by atoms with E-state index in [1.807, 2.05) is 29.6 Å². The van der Waals surface area contributed by atoms with E-state index in [1.165, 1.54) is 28.1 Å². The van der Waals surface area contributed by atoms with E-state index in [4.69, 9.17) is 0 Å². The van der Waals surface area contributed by atoms with Gasteiger partial charge in [0.25, 0.3) is 5.91 Å². The molecule has 0 aliphatic carbocycles. The summed E-state index contributed by atoms with van der Waals surface area (Å²) in [6.45, 7) is -0.450. The zero-order chi connectivity index (χ0) is 28.0. The Morgan fingerprint density at radius 1 is 0.974 bits per heavy atom. The minimum absolute atomic E-state index is 0.0188. The predicted molar refractivity (Wildman–Crippen MR) is 139 cm³/mol. The summed E-state index contributed by atoms with van der Waals surface area (Å²) in [4.78, 5) is 48.0. The van der Waals surface area contributed by atoms with Gasteiger partial charge in [0.2, 0.25) is 0 Å². The highest BCUT2D eigenvalue weighted by molar-refractivity contribution is 7.91. The van der Waals surface area contributed by atoms with E-state index in [2.05, 4.69) is 9.97 Å². The molecule has 1 N–H and O–H groups in total. The number of amides is 3. The molecule has 1 aliphatic rings. The highest BCUT2D eigenvalue weighted by Crippen LogP contribution is 2.25. The molecule has 0 spiro atoms. The third kappa shape index (κ3) is 7.19. The minimum Gasteiger partial charge on any atom is -0.344 e. The molecule has 1 saturated heterocycles. The molecule has 13 heteroatoms. The zero-order valence-electron chi connectivity index (χ0n) is 20.7. The van der Waals surface area contributed by atoms with Gasteiger partial charge in [0.1, 0.15) is 0 Å². The van der Waals surface area contributed by atoms with Crippen LogP contribution in [0, 0.1) is 0 Å². The molecule has 0 radical (unpaired) electrons. The van der Waals surface area contributed by atoms with Crippen LogP contribution in [0.3, 0.4) is 0 Å². The van der Waals surface area contributed by atoms with Crippen LogP contribution in [0.4, 0.5) is 19.3 Å². The molecule has 1 aliphatic heterocycles. The van der Waals surface area contributed by atoms with Gasteiger partial charge in [0.05, 0.1) is 30.3 Å². The fourth-order valence-electron chi connectivity index (χ4n) is 3.90. The van der Waals surface area contributed by atoms with Crippen molar-refractivity contribution in [2.24, 2.45) is 0 Å². The van der Waals surface area contributed by atoms with E-state index in [0.717, 1.165) is 11.1 Å². The molecule has 39 heavy (non-hydrogen) atoms. The topological polar surface area (TPSA) is 130 Å². The zero-order valence-corrected chi connectivity index (χ0v) is 21.5. The number of anilines is 1. The maximum Gasteiger partial charge on any atom is 0.324 e. The van der Waals surface area contributed by atoms with Gasteiger partial charge in [-0.05, 0) is 41.5 Å². The number of hydrogen-bond acceptors (Lipinski definition) is 7. The molecule has 0 unspecified atom stereocenters. The number of carbonyl (C=O) groups is 3. The SMILES string of the molecule is O=C(CNC(=O)C(F)F)c1ccc(CN(C(=O)N2CCS(=O)(=O)CC2)c2ccc(-c3cccnc3)cc2)nc1. The summed E-state index contributed by atoms with van der Waals surface area (Å²) in [5, 5.41) is 1.85. The van der Waals surface area contributed by atoms with Gasteiger partial charge in [-0.15, -0.1) is 0 Å². The quantitative estimate of drug-likeness (QED) is 0.422. The monoisotopic (exact) mass is 557 g/mol. The number of sulfone groups is 1. The van der Waals surface area contributed by atoms with Crippen LogP contribution >= 0.6 is 0 Å². The number of benzene rings is 1. The van der Waals surface area contributed by atoms with Crippen molar-refractivity contribution < 1.29 is 31.6 Å². The number of halogens is 2. The van der Waals surface area contributed by atoms with E-state index in [0.29, 0.717) is 11.4 Å². The second kappa shape index (κ2) is 12.1. The number of hydrogen-bond donors (Lipinski definition) is 1. The van der Waals surface area contributed by atoms with Crippen LogP contribution in [-0.4, -0.2) is 78.6 Å². The van der Waals surface area contributed by atoms with Gasteiger partial charge in [-0.25, -0.2) is 13.2 Å². The first-order valence-electron chi connectivity index (χ1n) is 11.9. The lowest BCUT2D eigenvalue weighted by atomic mass is 10.1. The van der Waals surface area contributed by atoms with Gasteiger partial charge in [-0.3, -0.25) is 24.5 Å². The highest BCUT2D eigenvalue weighted by atomic mass is 32.2. The first kappa shape index (κ1) is 27.8. The number of Topliss-reactive ketones (excluding diaryl/α,β-unsaturated/α-hetero) is 1. The lowest BCUT2D eigenvalue weighted by molar-refractivity contribution is -0.131. The first-order valence-corrected chi connectivity index (χ1v) is 13.8. The molecule has 204 valence electrons. The Morgan fingerprint density at radius 3 is 2.28 bits per heavy atom. The molecule has 1 fully saturated rings. The molecule has 3 aromatic rings. The second-order valence-corrected chi connectivity index (χ2v) is 11.1. The molecule has 0 atom stereocenters. The molecular weight excluding hydrogens is 532 g/mol. The minimum atomic E-state index is -3.22. The first-order chi connectivity index (χ1) is 18.6. The van der Waals surface area contributed by atoms with Crippen LogP contribution in [-0.2, 0) is 21.2 Å². The van der Waals surface area contributed by atoms with Crippen molar-refractivity contribution >= 4 is 33.2 Å². The molecule has 2 aromatic heterocycles. The van der Waals surface area contributed by atoms with Crippen LogP contribution < -0.4 is 10.2 Å². The molecular formula is C26H25F2N5O5S. The number of ketones is 1. The molecule has 4 rings (SSSR count). The summed E-state index contributed by atoms with van der Waals surface area (Å²) >= 11 is 0. The third-order valence-electron chi connectivity index (χ3n) is 6.11. The Hall–Kier alpha value is -4.26. The summed E-state index contributed by atoms with van der Waals surface area (Å²) in [6, 6.07) is 13.5. The average molecular weight is 558 g/mol. The second-order valence-electron chi connectivity index (χ2n) is 8.78. The summed E-state index contributed by atoms with van der Waals surface area (Å²) in [5.41, 5.74) is 2.88. The molecule has 0 bridgehead atoms. The van der Waals surface area contributed by atoms with Gasteiger partial charge in [-0.1, -0.05) is 18.2 Å². The van der Waals surface area contributed by atoms with Gasteiger partial charge in [-0.2, -0.15) is 8.78 Å². The summed E-state index contributed by atoms with van der Waals surface area (Å²) in [5.74, 6) is -2.38. The van der Waals surface area contributed by atoms with E-state index < -0.39 is 40.5 Å². The normalized spacial score (nSPS) is 14.6. The summed E-state index contributed by atoms with van der Waals surface area (Å²) < 4.78 is 48.4. The Morgan fingerprint density at radius 2 is 1.69 bits per heavy atom. The van der Waals surface area contributed by atoms with Gasteiger partial charge < -0.3 is 10.2 Å². The maximum atomic E-state index is 13.5. The Bertz CT molecular complexity index is 1420. The molecule has 0 saturated carbocycles. The van der Waals surface area contributed by atoms with Gasteiger partial charge in [0, 0.05) is 42.9 Å². The highest BCUT2D eigenvalue weighted by Gasteiger charge is 2.29. The number of nitrogens with zero attached hydrogens (tertiary/aromatic N) is 4. The number of pyridine rings is 2. The van der Waals surface area contributed by atoms with Crippen molar-refractivity contribution in [1.82, 2.24) is 20.2 Å². The predicted octanol–water partition coefficient (Wildman–Crippen LogP) is 2.56. The number of alkyl halides is 2. The van der Waals surface area contributed by atoms with Crippen molar-refractivity contribution in [2.45, 2.75) is 13.0 Å². The lowest BCUT2D eigenvalue weighted by Gasteiger charge is -2.33. The summed E-state index contributed by atoms with van der Waals surface area (Å²) in [6.07, 6.45) is 1.41. The fourth-order valence-corrected chi connectivity index (χ4v) is 5.10. The Labute approximate surface area is 223 Å². The van der Waals surface area contributed by atoms with E-state index in [-0.39, 0.29) is 36.7 Å². The van der Waals surface area contributed by atoms with Gasteiger partial charge >= 0.3 is 12.5 Å². The smallest absolute Gasteiger partial charge is 0.324 e.